The fourth-order valence-corrected chi connectivity index (χ4v) is 2.25. The van der Waals surface area contributed by atoms with Gasteiger partial charge in [-0.2, -0.15) is 0 Å². The van der Waals surface area contributed by atoms with Crippen LogP contribution >= 0.6 is 0 Å². The van der Waals surface area contributed by atoms with E-state index in [1.54, 1.807) is 13.0 Å². The van der Waals surface area contributed by atoms with Gasteiger partial charge in [0.25, 0.3) is 5.91 Å². The second kappa shape index (κ2) is 8.40. The van der Waals surface area contributed by atoms with Crippen LogP contribution in [-0.4, -0.2) is 48.0 Å². The number of benzene rings is 1. The molecule has 6 heteroatoms. The maximum Gasteiger partial charge on any atom is 0.270 e. The van der Waals surface area contributed by atoms with Crippen LogP contribution in [0.5, 0.6) is 0 Å². The van der Waals surface area contributed by atoms with Crippen molar-refractivity contribution in [2.45, 2.75) is 20.4 Å². The van der Waals surface area contributed by atoms with Crippen LogP contribution < -0.4 is 10.6 Å². The Labute approximate surface area is 143 Å². The number of nitrogens with zero attached hydrogens (tertiary/aromatic N) is 3. The van der Waals surface area contributed by atoms with Gasteiger partial charge in [0.05, 0.1) is 0 Å². The number of aryl methyl sites for hydroxylation is 2. The van der Waals surface area contributed by atoms with E-state index in [1.807, 2.05) is 31.1 Å². The summed E-state index contributed by atoms with van der Waals surface area (Å²) >= 11 is 0. The molecule has 0 unspecified atom stereocenters. The van der Waals surface area contributed by atoms with Gasteiger partial charge in [0.15, 0.2) is 0 Å². The van der Waals surface area contributed by atoms with Crippen molar-refractivity contribution in [3.8, 4) is 0 Å². The molecular formula is C18H25N5O. The van der Waals surface area contributed by atoms with E-state index in [-0.39, 0.29) is 5.91 Å². The minimum atomic E-state index is -0.179. The van der Waals surface area contributed by atoms with Gasteiger partial charge >= 0.3 is 0 Å². The first-order chi connectivity index (χ1) is 11.5. The zero-order chi connectivity index (χ0) is 17.5. The number of carbonyl (C=O) groups excluding carboxylic acids is 1. The lowest BCUT2D eigenvalue weighted by atomic mass is 10.1. The lowest BCUT2D eigenvalue weighted by Crippen LogP contribution is -2.32. The van der Waals surface area contributed by atoms with Gasteiger partial charge in [0.2, 0.25) is 0 Å². The van der Waals surface area contributed by atoms with Crippen molar-refractivity contribution in [2.24, 2.45) is 0 Å². The molecule has 2 aromatic rings. The molecule has 0 aliphatic rings. The van der Waals surface area contributed by atoms with Crippen molar-refractivity contribution in [2.75, 3.05) is 32.5 Å². The highest BCUT2D eigenvalue weighted by Crippen LogP contribution is 2.11. The van der Waals surface area contributed by atoms with Crippen LogP contribution in [0.1, 0.15) is 27.4 Å². The predicted molar refractivity (Wildman–Crippen MR) is 96.2 cm³/mol. The first-order valence-electron chi connectivity index (χ1n) is 8.02. The summed E-state index contributed by atoms with van der Waals surface area (Å²) in [7, 11) is 3.93. The number of anilines is 1. The number of carbonyl (C=O) groups is 1. The maximum absolute atomic E-state index is 12.2. The third kappa shape index (κ3) is 5.31. The third-order valence-corrected chi connectivity index (χ3v) is 3.64. The molecule has 0 bridgehead atoms. The molecule has 0 aliphatic heterocycles. The molecule has 2 rings (SSSR count). The number of rotatable bonds is 7. The van der Waals surface area contributed by atoms with Crippen LogP contribution in [0, 0.1) is 13.8 Å². The molecule has 0 saturated carbocycles. The van der Waals surface area contributed by atoms with Crippen LogP contribution in [-0.2, 0) is 6.54 Å². The molecule has 128 valence electrons. The van der Waals surface area contributed by atoms with Crippen LogP contribution in [0.4, 0.5) is 5.82 Å². The summed E-state index contributed by atoms with van der Waals surface area (Å²) in [6.07, 6.45) is 0. The second-order valence-electron chi connectivity index (χ2n) is 6.02. The zero-order valence-electron chi connectivity index (χ0n) is 14.8. The Morgan fingerprint density at radius 1 is 1.17 bits per heavy atom. The normalized spacial score (nSPS) is 10.7. The molecule has 0 aliphatic carbocycles. The molecule has 0 saturated heterocycles. The third-order valence-electron chi connectivity index (χ3n) is 3.64. The number of nitrogens with one attached hydrogen (secondary N) is 2. The predicted octanol–water partition coefficient (Wildman–Crippen LogP) is 2.00. The van der Waals surface area contributed by atoms with E-state index in [0.717, 1.165) is 6.54 Å². The van der Waals surface area contributed by atoms with E-state index in [1.165, 1.54) is 11.1 Å². The Balaban J connectivity index is 2.02. The summed E-state index contributed by atoms with van der Waals surface area (Å²) in [5.41, 5.74) is 2.80. The topological polar surface area (TPSA) is 70.2 Å². The Kier molecular flexibility index (Phi) is 6.26. The molecular weight excluding hydrogens is 302 g/mol. The fraction of sp³-hybridized carbons (Fsp3) is 0.389. The highest BCUT2D eigenvalue weighted by atomic mass is 16.1. The van der Waals surface area contributed by atoms with E-state index in [9.17, 15) is 4.79 Å². The highest BCUT2D eigenvalue weighted by Gasteiger charge is 2.10. The van der Waals surface area contributed by atoms with Gasteiger partial charge in [0.1, 0.15) is 17.3 Å². The van der Waals surface area contributed by atoms with Gasteiger partial charge < -0.3 is 15.5 Å². The van der Waals surface area contributed by atoms with Crippen LogP contribution in [0.3, 0.4) is 0 Å². The zero-order valence-corrected chi connectivity index (χ0v) is 14.8. The number of aromatic nitrogens is 2. The van der Waals surface area contributed by atoms with Crippen molar-refractivity contribution >= 4 is 11.7 Å². The van der Waals surface area contributed by atoms with Gasteiger partial charge in [-0.1, -0.05) is 24.3 Å². The lowest BCUT2D eigenvalue weighted by Gasteiger charge is -2.12. The maximum atomic E-state index is 12.2. The standard InChI is InChI=1S/C18H25N5O/c1-13-7-5-6-8-15(13)12-20-17-11-16(21-14(2)22-17)18(24)19-9-10-23(3)4/h5-8,11H,9-10,12H2,1-4H3,(H,19,24)(H,20,21,22). The molecule has 1 amide bonds. The molecule has 0 radical (unpaired) electrons. The van der Waals surface area contributed by atoms with Crippen LogP contribution in [0.25, 0.3) is 0 Å². The molecule has 0 fully saturated rings. The minimum absolute atomic E-state index is 0.179. The van der Waals surface area contributed by atoms with Crippen molar-refractivity contribution in [1.82, 2.24) is 20.2 Å². The molecule has 6 nitrogen and oxygen atoms in total. The highest BCUT2D eigenvalue weighted by molar-refractivity contribution is 5.92. The summed E-state index contributed by atoms with van der Waals surface area (Å²) in [6.45, 7) is 5.89. The Morgan fingerprint density at radius 3 is 2.62 bits per heavy atom. The van der Waals surface area contributed by atoms with Gasteiger partial charge in [-0.3, -0.25) is 4.79 Å². The van der Waals surface area contributed by atoms with Gasteiger partial charge in [-0.05, 0) is 39.1 Å². The second-order valence-corrected chi connectivity index (χ2v) is 6.02. The van der Waals surface area contributed by atoms with Gasteiger partial charge in [-0.15, -0.1) is 0 Å². The minimum Gasteiger partial charge on any atom is -0.366 e. The van der Waals surface area contributed by atoms with E-state index in [2.05, 4.69) is 39.7 Å². The SMILES string of the molecule is Cc1nc(NCc2ccccc2C)cc(C(=O)NCCN(C)C)n1. The fourth-order valence-electron chi connectivity index (χ4n) is 2.25. The Morgan fingerprint density at radius 2 is 1.92 bits per heavy atom. The van der Waals surface area contributed by atoms with E-state index < -0.39 is 0 Å². The van der Waals surface area contributed by atoms with E-state index in [4.69, 9.17) is 0 Å². The number of hydrogen-bond acceptors (Lipinski definition) is 5. The van der Waals surface area contributed by atoms with Gasteiger partial charge in [-0.25, -0.2) is 9.97 Å². The summed E-state index contributed by atoms with van der Waals surface area (Å²) in [5.74, 6) is 1.05. The molecule has 0 atom stereocenters. The van der Waals surface area contributed by atoms with Crippen molar-refractivity contribution < 1.29 is 4.79 Å². The lowest BCUT2D eigenvalue weighted by molar-refractivity contribution is 0.0945. The summed E-state index contributed by atoms with van der Waals surface area (Å²) in [4.78, 5) is 22.8. The molecule has 1 aromatic carbocycles. The number of likely N-dealkylation sites (N-methyl/N-ethyl adjacent to an activating group) is 1. The smallest absolute Gasteiger partial charge is 0.270 e. The van der Waals surface area contributed by atoms with Crippen molar-refractivity contribution in [1.29, 1.82) is 0 Å². The Hall–Kier alpha value is -2.47. The van der Waals surface area contributed by atoms with Crippen molar-refractivity contribution in [3.05, 3.63) is 53.0 Å². The van der Waals surface area contributed by atoms with Crippen LogP contribution in [0.15, 0.2) is 30.3 Å². The van der Waals surface area contributed by atoms with E-state index in [0.29, 0.717) is 30.4 Å². The number of hydrogen-bond donors (Lipinski definition) is 2. The average Bonchev–Trinajstić information content (AvgIpc) is 2.53. The van der Waals surface area contributed by atoms with Crippen molar-refractivity contribution in [3.63, 3.8) is 0 Å². The van der Waals surface area contributed by atoms with Gasteiger partial charge in [0, 0.05) is 25.7 Å². The molecule has 1 aromatic heterocycles. The summed E-state index contributed by atoms with van der Waals surface area (Å²) in [6, 6.07) is 9.87. The first kappa shape index (κ1) is 17.9. The van der Waals surface area contributed by atoms with E-state index >= 15 is 0 Å². The molecule has 2 N–H and O–H groups in total. The molecule has 1 heterocycles. The summed E-state index contributed by atoms with van der Waals surface area (Å²) < 4.78 is 0. The average molecular weight is 327 g/mol. The quantitative estimate of drug-likeness (QED) is 0.814. The largest absolute Gasteiger partial charge is 0.366 e. The van der Waals surface area contributed by atoms with Crippen LogP contribution in [0.2, 0.25) is 0 Å². The molecule has 0 spiro atoms. The monoisotopic (exact) mass is 327 g/mol. The summed E-state index contributed by atoms with van der Waals surface area (Å²) in [5, 5.41) is 6.14. The number of amides is 1. The molecule has 24 heavy (non-hydrogen) atoms. The first-order valence-corrected chi connectivity index (χ1v) is 8.02. The Bertz CT molecular complexity index is 700.